The van der Waals surface area contributed by atoms with E-state index in [1.807, 2.05) is 33.2 Å². The Hall–Kier alpha value is -2.42. The van der Waals surface area contributed by atoms with E-state index < -0.39 is 0 Å². The number of unbranched alkanes of at least 4 members (excludes halogenated alkanes) is 1. The van der Waals surface area contributed by atoms with Crippen LogP contribution in [0.15, 0.2) is 17.4 Å². The van der Waals surface area contributed by atoms with Gasteiger partial charge in [-0.05, 0) is 40.5 Å². The van der Waals surface area contributed by atoms with Crippen LogP contribution < -0.4 is 10.6 Å². The molecule has 0 aromatic carbocycles. The number of carbonyl (C=O) groups is 1. The number of aromatic nitrogens is 3. The lowest BCUT2D eigenvalue weighted by molar-refractivity contribution is 0.0531. The van der Waals surface area contributed by atoms with Gasteiger partial charge < -0.3 is 19.9 Å². The number of rotatable bonds is 9. The maximum atomic E-state index is 12.0. The van der Waals surface area contributed by atoms with Gasteiger partial charge in [0.1, 0.15) is 15.7 Å². The first kappa shape index (κ1) is 21.9. The van der Waals surface area contributed by atoms with E-state index in [0.29, 0.717) is 17.2 Å². The molecule has 154 valence electrons. The molecule has 1 atom stereocenters. The third-order valence-corrected chi connectivity index (χ3v) is 5.58. The Labute approximate surface area is 170 Å². The molecule has 28 heavy (non-hydrogen) atoms. The predicted octanol–water partition coefficient (Wildman–Crippen LogP) is 2.84. The molecule has 2 N–H and O–H groups in total. The van der Waals surface area contributed by atoms with Crippen LogP contribution in [0.5, 0.6) is 0 Å². The van der Waals surface area contributed by atoms with Crippen molar-refractivity contribution in [3.8, 4) is 0 Å². The van der Waals surface area contributed by atoms with Crippen molar-refractivity contribution in [3.05, 3.63) is 33.8 Å². The minimum Gasteiger partial charge on any atom is -0.462 e. The minimum absolute atomic E-state index is 0.0633. The van der Waals surface area contributed by atoms with E-state index in [0.717, 1.165) is 42.7 Å². The fourth-order valence-corrected chi connectivity index (χ4v) is 3.67. The van der Waals surface area contributed by atoms with Crippen LogP contribution in [0.25, 0.3) is 0 Å². The fourth-order valence-electron chi connectivity index (χ4n) is 2.70. The van der Waals surface area contributed by atoms with E-state index in [9.17, 15) is 4.79 Å². The number of nitrogens with zero attached hydrogens (tertiary/aromatic N) is 4. The summed E-state index contributed by atoms with van der Waals surface area (Å²) in [4.78, 5) is 25.6. The summed E-state index contributed by atoms with van der Waals surface area (Å²) < 4.78 is 7.24. The Balaban J connectivity index is 1.79. The number of imidazole rings is 1. The van der Waals surface area contributed by atoms with E-state index in [1.165, 1.54) is 11.3 Å². The SMILES string of the molecule is CCOC(=O)c1sc(C(C)NC(=NC)NCCCCn2ccnc2C)nc1C. The average molecular weight is 407 g/mol. The van der Waals surface area contributed by atoms with Crippen LogP contribution in [-0.4, -0.2) is 46.7 Å². The van der Waals surface area contributed by atoms with Crippen molar-refractivity contribution < 1.29 is 9.53 Å². The molecular formula is C19H30N6O2S. The lowest BCUT2D eigenvalue weighted by Gasteiger charge is -2.16. The maximum absolute atomic E-state index is 12.0. The van der Waals surface area contributed by atoms with Crippen LogP contribution in [0.2, 0.25) is 0 Å². The van der Waals surface area contributed by atoms with E-state index in [-0.39, 0.29) is 12.0 Å². The first-order valence-corrected chi connectivity index (χ1v) is 10.4. The summed E-state index contributed by atoms with van der Waals surface area (Å²) in [7, 11) is 1.74. The number of nitrogens with one attached hydrogen (secondary N) is 2. The number of guanidine groups is 1. The highest BCUT2D eigenvalue weighted by molar-refractivity contribution is 7.13. The predicted molar refractivity (Wildman–Crippen MR) is 112 cm³/mol. The standard InChI is InChI=1S/C19H30N6O2S/c1-6-27-18(26)16-13(2)23-17(28-16)14(3)24-19(20-5)22-9-7-8-11-25-12-10-21-15(25)4/h10,12,14H,6-9,11H2,1-5H3,(H2,20,22,24). The number of carbonyl (C=O) groups excluding carboxylic acids is 1. The van der Waals surface area contributed by atoms with Crippen LogP contribution in [0.1, 0.15) is 58.9 Å². The summed E-state index contributed by atoms with van der Waals surface area (Å²) >= 11 is 1.36. The van der Waals surface area contributed by atoms with Crippen molar-refractivity contribution in [1.82, 2.24) is 25.2 Å². The third-order valence-electron chi connectivity index (χ3n) is 4.26. The molecule has 0 aliphatic carbocycles. The first-order valence-electron chi connectivity index (χ1n) is 9.55. The quantitative estimate of drug-likeness (QED) is 0.288. The molecule has 0 fully saturated rings. The van der Waals surface area contributed by atoms with Crippen LogP contribution in [-0.2, 0) is 11.3 Å². The van der Waals surface area contributed by atoms with Gasteiger partial charge in [0.05, 0.1) is 18.3 Å². The van der Waals surface area contributed by atoms with Gasteiger partial charge in [-0.25, -0.2) is 14.8 Å². The normalized spacial score (nSPS) is 12.7. The summed E-state index contributed by atoms with van der Waals surface area (Å²) in [6.45, 7) is 9.78. The first-order chi connectivity index (χ1) is 13.5. The van der Waals surface area contributed by atoms with Gasteiger partial charge in [0.25, 0.3) is 0 Å². The lowest BCUT2D eigenvalue weighted by atomic mass is 10.3. The monoisotopic (exact) mass is 406 g/mol. The van der Waals surface area contributed by atoms with Crippen LogP contribution >= 0.6 is 11.3 Å². The molecule has 0 saturated heterocycles. The van der Waals surface area contributed by atoms with E-state index in [1.54, 1.807) is 14.0 Å². The van der Waals surface area contributed by atoms with E-state index in [4.69, 9.17) is 4.74 Å². The number of thiazole rings is 1. The molecule has 8 nitrogen and oxygen atoms in total. The highest BCUT2D eigenvalue weighted by Crippen LogP contribution is 2.24. The Bertz CT molecular complexity index is 798. The highest BCUT2D eigenvalue weighted by atomic mass is 32.1. The average Bonchev–Trinajstić information content (AvgIpc) is 3.26. The zero-order valence-corrected chi connectivity index (χ0v) is 18.1. The molecular weight excluding hydrogens is 376 g/mol. The fraction of sp³-hybridized carbons (Fsp3) is 0.579. The van der Waals surface area contributed by atoms with Gasteiger partial charge in [0, 0.05) is 32.5 Å². The second-order valence-electron chi connectivity index (χ2n) is 6.43. The minimum atomic E-state index is -0.313. The zero-order chi connectivity index (χ0) is 20.5. The smallest absolute Gasteiger partial charge is 0.350 e. The number of aryl methyl sites for hydroxylation is 3. The maximum Gasteiger partial charge on any atom is 0.350 e. The van der Waals surface area contributed by atoms with E-state index in [2.05, 4.69) is 30.2 Å². The number of hydrogen-bond acceptors (Lipinski definition) is 6. The topological polar surface area (TPSA) is 93.4 Å². The van der Waals surface area contributed by atoms with Crippen molar-refractivity contribution in [3.63, 3.8) is 0 Å². The van der Waals surface area contributed by atoms with Crippen molar-refractivity contribution in [2.45, 2.75) is 53.1 Å². The van der Waals surface area contributed by atoms with Gasteiger partial charge in [-0.3, -0.25) is 4.99 Å². The molecule has 1 unspecified atom stereocenters. The number of hydrogen-bond donors (Lipinski definition) is 2. The Morgan fingerprint density at radius 3 is 2.82 bits per heavy atom. The molecule has 2 heterocycles. The van der Waals surface area contributed by atoms with Crippen molar-refractivity contribution in [2.24, 2.45) is 4.99 Å². The molecule has 2 aromatic heterocycles. The largest absolute Gasteiger partial charge is 0.462 e. The van der Waals surface area contributed by atoms with Crippen molar-refractivity contribution >= 4 is 23.3 Å². The summed E-state index contributed by atoms with van der Waals surface area (Å²) in [5, 5.41) is 7.49. The third kappa shape index (κ3) is 6.05. The highest BCUT2D eigenvalue weighted by Gasteiger charge is 2.20. The Morgan fingerprint density at radius 1 is 1.39 bits per heavy atom. The molecule has 0 aliphatic heterocycles. The summed E-state index contributed by atoms with van der Waals surface area (Å²) in [6, 6.07) is -0.0633. The van der Waals surface area contributed by atoms with Gasteiger partial charge in [0.2, 0.25) is 0 Å². The van der Waals surface area contributed by atoms with Crippen LogP contribution in [0.4, 0.5) is 0 Å². The Kier molecular flexibility index (Phi) is 8.43. The van der Waals surface area contributed by atoms with E-state index >= 15 is 0 Å². The van der Waals surface area contributed by atoms with Crippen molar-refractivity contribution in [2.75, 3.05) is 20.2 Å². The van der Waals surface area contributed by atoms with Gasteiger partial charge in [-0.2, -0.15) is 0 Å². The molecule has 9 heteroatoms. The molecule has 2 rings (SSSR count). The van der Waals surface area contributed by atoms with Gasteiger partial charge >= 0.3 is 5.97 Å². The number of aliphatic imine (C=N–C) groups is 1. The second kappa shape index (κ2) is 10.8. The molecule has 0 radical (unpaired) electrons. The summed E-state index contributed by atoms with van der Waals surface area (Å²) in [5.74, 6) is 1.45. The molecule has 2 aromatic rings. The number of esters is 1. The van der Waals surface area contributed by atoms with Crippen LogP contribution in [0, 0.1) is 13.8 Å². The van der Waals surface area contributed by atoms with Crippen LogP contribution in [0.3, 0.4) is 0 Å². The molecule has 0 amide bonds. The molecule has 0 saturated carbocycles. The second-order valence-corrected chi connectivity index (χ2v) is 7.46. The zero-order valence-electron chi connectivity index (χ0n) is 17.3. The van der Waals surface area contributed by atoms with Gasteiger partial charge in [-0.15, -0.1) is 11.3 Å². The van der Waals surface area contributed by atoms with Gasteiger partial charge in [-0.1, -0.05) is 0 Å². The van der Waals surface area contributed by atoms with Gasteiger partial charge in [0.15, 0.2) is 5.96 Å². The molecule has 0 spiro atoms. The summed E-state index contributed by atoms with van der Waals surface area (Å²) in [6.07, 6.45) is 5.92. The summed E-state index contributed by atoms with van der Waals surface area (Å²) in [5.41, 5.74) is 0.699. The molecule has 0 aliphatic rings. The molecule has 0 bridgehead atoms. The number of ether oxygens (including phenoxy) is 1. The Morgan fingerprint density at radius 2 is 2.18 bits per heavy atom. The van der Waals surface area contributed by atoms with Crippen molar-refractivity contribution in [1.29, 1.82) is 0 Å². The lowest BCUT2D eigenvalue weighted by Crippen LogP contribution is -2.39.